The van der Waals surface area contributed by atoms with Gasteiger partial charge in [0.15, 0.2) is 0 Å². The number of hydrogen-bond donors (Lipinski definition) is 2. The third kappa shape index (κ3) is 5.89. The van der Waals surface area contributed by atoms with Gasteiger partial charge in [-0.15, -0.1) is 0 Å². The number of halogens is 1. The van der Waals surface area contributed by atoms with E-state index in [1.807, 2.05) is 13.8 Å². The van der Waals surface area contributed by atoms with E-state index in [2.05, 4.69) is 16.7 Å². The highest BCUT2D eigenvalue weighted by Gasteiger charge is 2.25. The fourth-order valence-electron chi connectivity index (χ4n) is 2.99. The van der Waals surface area contributed by atoms with Crippen LogP contribution in [0.2, 0.25) is 5.02 Å². The molecule has 1 aliphatic rings. The second-order valence-corrected chi connectivity index (χ2v) is 7.23. The summed E-state index contributed by atoms with van der Waals surface area (Å²) in [5.41, 5.74) is 1.81. The zero-order valence-corrected chi connectivity index (χ0v) is 15.7. The molecule has 0 aromatic heterocycles. The minimum Gasteiger partial charge on any atom is -0.354 e. The minimum atomic E-state index is -0.580. The summed E-state index contributed by atoms with van der Waals surface area (Å²) in [5.74, 6) is -0.485. The number of nitrogens with one attached hydrogen (secondary N) is 2. The molecule has 0 saturated carbocycles. The fourth-order valence-corrected chi connectivity index (χ4v) is 3.21. The first-order chi connectivity index (χ1) is 12.0. The lowest BCUT2D eigenvalue weighted by molar-refractivity contribution is -0.123. The third-order valence-corrected chi connectivity index (χ3v) is 4.81. The molecule has 136 valence electrons. The monoisotopic (exact) mass is 362 g/mol. The number of amides is 2. The van der Waals surface area contributed by atoms with Crippen LogP contribution in [0.1, 0.15) is 56.3 Å². The number of rotatable bonds is 7. The van der Waals surface area contributed by atoms with E-state index in [-0.39, 0.29) is 17.7 Å². The molecule has 1 aromatic carbocycles. The first-order valence-corrected chi connectivity index (χ1v) is 9.38. The van der Waals surface area contributed by atoms with Crippen molar-refractivity contribution in [2.45, 2.75) is 52.0 Å². The molecule has 2 amide bonds. The Morgan fingerprint density at radius 1 is 1.20 bits per heavy atom. The van der Waals surface area contributed by atoms with Crippen molar-refractivity contribution in [1.29, 1.82) is 0 Å². The van der Waals surface area contributed by atoms with E-state index >= 15 is 0 Å². The normalized spacial score (nSPS) is 15.4. The lowest BCUT2D eigenvalue weighted by Gasteiger charge is -2.22. The summed E-state index contributed by atoms with van der Waals surface area (Å²) in [6, 6.07) is 6.26. The van der Waals surface area contributed by atoms with Crippen molar-refractivity contribution in [2.24, 2.45) is 5.92 Å². The molecule has 0 aliphatic heterocycles. The molecule has 0 spiro atoms. The van der Waals surface area contributed by atoms with Crippen molar-refractivity contribution < 1.29 is 9.59 Å². The van der Waals surface area contributed by atoms with Gasteiger partial charge in [-0.2, -0.15) is 0 Å². The summed E-state index contributed by atoms with van der Waals surface area (Å²) in [5, 5.41) is 6.15. The van der Waals surface area contributed by atoms with Crippen LogP contribution < -0.4 is 10.6 Å². The highest BCUT2D eigenvalue weighted by Crippen LogP contribution is 2.19. The smallest absolute Gasteiger partial charge is 0.253 e. The Hall–Kier alpha value is -1.81. The maximum atomic E-state index is 12.5. The van der Waals surface area contributed by atoms with Crippen molar-refractivity contribution in [2.75, 3.05) is 6.54 Å². The van der Waals surface area contributed by atoms with E-state index in [0.29, 0.717) is 17.1 Å². The van der Waals surface area contributed by atoms with Crippen LogP contribution in [0.4, 0.5) is 0 Å². The lowest BCUT2D eigenvalue weighted by atomic mass is 9.97. The Balaban J connectivity index is 1.90. The minimum absolute atomic E-state index is 0.0136. The van der Waals surface area contributed by atoms with Crippen LogP contribution in [-0.2, 0) is 4.79 Å². The van der Waals surface area contributed by atoms with Gasteiger partial charge in [0.05, 0.1) is 10.6 Å². The van der Waals surface area contributed by atoms with Crippen LogP contribution >= 0.6 is 11.6 Å². The van der Waals surface area contributed by atoms with Gasteiger partial charge in [0.25, 0.3) is 5.91 Å². The van der Waals surface area contributed by atoms with Crippen LogP contribution in [0.3, 0.4) is 0 Å². The van der Waals surface area contributed by atoms with Gasteiger partial charge >= 0.3 is 0 Å². The summed E-state index contributed by atoms with van der Waals surface area (Å²) < 4.78 is 0. The Kier molecular flexibility index (Phi) is 7.51. The average Bonchev–Trinajstić information content (AvgIpc) is 2.60. The molecular weight excluding hydrogens is 336 g/mol. The Morgan fingerprint density at radius 3 is 2.60 bits per heavy atom. The molecular formula is C20H27ClN2O2. The number of hydrogen-bond acceptors (Lipinski definition) is 2. The van der Waals surface area contributed by atoms with Gasteiger partial charge in [-0.05, 0) is 50.2 Å². The molecule has 0 radical (unpaired) electrons. The van der Waals surface area contributed by atoms with E-state index in [0.717, 1.165) is 19.3 Å². The summed E-state index contributed by atoms with van der Waals surface area (Å²) in [7, 11) is 0. The molecule has 0 unspecified atom stereocenters. The molecule has 1 atom stereocenters. The first kappa shape index (κ1) is 19.5. The van der Waals surface area contributed by atoms with E-state index in [1.54, 1.807) is 24.3 Å². The van der Waals surface area contributed by atoms with Crippen molar-refractivity contribution in [1.82, 2.24) is 10.6 Å². The summed E-state index contributed by atoms with van der Waals surface area (Å²) in [6.07, 6.45) is 7.95. The van der Waals surface area contributed by atoms with E-state index in [1.165, 1.54) is 18.4 Å². The van der Waals surface area contributed by atoms with Crippen LogP contribution in [0.5, 0.6) is 0 Å². The topological polar surface area (TPSA) is 58.2 Å². The van der Waals surface area contributed by atoms with Crippen LogP contribution in [0.15, 0.2) is 35.9 Å². The van der Waals surface area contributed by atoms with Gasteiger partial charge < -0.3 is 10.6 Å². The van der Waals surface area contributed by atoms with Crippen LogP contribution in [0.25, 0.3) is 0 Å². The van der Waals surface area contributed by atoms with Gasteiger partial charge in [-0.25, -0.2) is 0 Å². The SMILES string of the molecule is CC(C)[C@H](NC(=O)c1ccccc1Cl)C(=O)NCCC1=CCCCC1. The number of allylic oxidation sites excluding steroid dienone is 1. The summed E-state index contributed by atoms with van der Waals surface area (Å²) >= 11 is 6.06. The molecule has 0 saturated heterocycles. The third-order valence-electron chi connectivity index (χ3n) is 4.48. The first-order valence-electron chi connectivity index (χ1n) is 9.00. The van der Waals surface area contributed by atoms with Crippen molar-refractivity contribution in [3.05, 3.63) is 46.5 Å². The summed E-state index contributed by atoms with van der Waals surface area (Å²) in [6.45, 7) is 4.44. The van der Waals surface area contributed by atoms with Gasteiger partial charge in [-0.1, -0.05) is 49.2 Å². The maximum absolute atomic E-state index is 12.5. The van der Waals surface area contributed by atoms with Crippen molar-refractivity contribution >= 4 is 23.4 Å². The molecule has 0 heterocycles. The Bertz CT molecular complexity index is 640. The molecule has 25 heavy (non-hydrogen) atoms. The predicted octanol–water partition coefficient (Wildman–Crippen LogP) is 4.10. The molecule has 2 rings (SSSR count). The second-order valence-electron chi connectivity index (χ2n) is 6.82. The van der Waals surface area contributed by atoms with Gasteiger partial charge in [0.2, 0.25) is 5.91 Å². The second kappa shape index (κ2) is 9.62. The van der Waals surface area contributed by atoms with E-state index in [9.17, 15) is 9.59 Å². The van der Waals surface area contributed by atoms with Gasteiger partial charge in [-0.3, -0.25) is 9.59 Å². The highest BCUT2D eigenvalue weighted by atomic mass is 35.5. The lowest BCUT2D eigenvalue weighted by Crippen LogP contribution is -2.50. The van der Waals surface area contributed by atoms with Gasteiger partial charge in [0.1, 0.15) is 6.04 Å². The van der Waals surface area contributed by atoms with Crippen LogP contribution in [0, 0.1) is 5.92 Å². The Labute approximate surface area is 155 Å². The largest absolute Gasteiger partial charge is 0.354 e. The predicted molar refractivity (Wildman–Crippen MR) is 102 cm³/mol. The number of carbonyl (C=O) groups is 2. The molecule has 2 N–H and O–H groups in total. The summed E-state index contributed by atoms with van der Waals surface area (Å²) in [4.78, 5) is 24.9. The molecule has 1 aliphatic carbocycles. The number of benzene rings is 1. The quantitative estimate of drug-likeness (QED) is 0.717. The standard InChI is InChI=1S/C20H27ClN2O2/c1-14(2)18(23-19(24)16-10-6-7-11-17(16)21)20(25)22-13-12-15-8-4-3-5-9-15/h6-8,10-11,14,18H,3-5,9,12-13H2,1-2H3,(H,22,25)(H,23,24)/t18-/m0/s1. The zero-order valence-electron chi connectivity index (χ0n) is 15.0. The van der Waals surface area contributed by atoms with E-state index in [4.69, 9.17) is 11.6 Å². The van der Waals surface area contributed by atoms with Gasteiger partial charge in [0, 0.05) is 6.54 Å². The highest BCUT2D eigenvalue weighted by molar-refractivity contribution is 6.33. The zero-order chi connectivity index (χ0) is 18.2. The fraction of sp³-hybridized carbons (Fsp3) is 0.500. The molecule has 4 nitrogen and oxygen atoms in total. The Morgan fingerprint density at radius 2 is 1.96 bits per heavy atom. The maximum Gasteiger partial charge on any atom is 0.253 e. The molecule has 0 bridgehead atoms. The molecule has 1 aromatic rings. The van der Waals surface area contributed by atoms with Crippen LogP contribution in [-0.4, -0.2) is 24.4 Å². The average molecular weight is 363 g/mol. The van der Waals surface area contributed by atoms with E-state index < -0.39 is 6.04 Å². The van der Waals surface area contributed by atoms with Crippen molar-refractivity contribution in [3.8, 4) is 0 Å². The molecule has 5 heteroatoms. The van der Waals surface area contributed by atoms with Crippen molar-refractivity contribution in [3.63, 3.8) is 0 Å². The molecule has 0 fully saturated rings. The number of carbonyl (C=O) groups excluding carboxylic acids is 2.